The number of amides is 2. The van der Waals surface area contributed by atoms with Gasteiger partial charge in [0.2, 0.25) is 12.5 Å². The Bertz CT molecular complexity index is 826. The van der Waals surface area contributed by atoms with E-state index in [9.17, 15) is 9.59 Å². The molecule has 1 aromatic rings. The van der Waals surface area contributed by atoms with Gasteiger partial charge in [-0.25, -0.2) is 6.57 Å². The second kappa shape index (κ2) is 7.76. The van der Waals surface area contributed by atoms with Gasteiger partial charge >= 0.3 is 0 Å². The number of aromatic nitrogens is 2. The van der Waals surface area contributed by atoms with E-state index in [0.29, 0.717) is 12.1 Å². The fraction of sp³-hybridized carbons (Fsp3) is 0.700. The molecule has 3 N–H and O–H groups in total. The maximum Gasteiger partial charge on any atom is 0.254 e. The number of likely N-dealkylation sites (tertiary alicyclic amines) is 1. The van der Waals surface area contributed by atoms with Crippen LogP contribution in [0.2, 0.25) is 0 Å². The summed E-state index contributed by atoms with van der Waals surface area (Å²) in [5.74, 6) is -0.529. The van der Waals surface area contributed by atoms with Gasteiger partial charge in [-0.2, -0.15) is 5.10 Å². The van der Waals surface area contributed by atoms with Crippen molar-refractivity contribution in [3.63, 3.8) is 0 Å². The lowest BCUT2D eigenvalue weighted by molar-refractivity contribution is -0.117. The summed E-state index contributed by atoms with van der Waals surface area (Å²) in [5.41, 5.74) is 5.26. The van der Waals surface area contributed by atoms with Gasteiger partial charge in [-0.3, -0.25) is 19.2 Å². The molecule has 1 saturated heterocycles. The van der Waals surface area contributed by atoms with Crippen LogP contribution in [0.4, 0.5) is 5.82 Å². The first-order valence-corrected chi connectivity index (χ1v) is 10.3. The van der Waals surface area contributed by atoms with E-state index in [4.69, 9.17) is 17.0 Å². The molecule has 1 aliphatic heterocycles. The van der Waals surface area contributed by atoms with Gasteiger partial charge in [-0.15, -0.1) is 0 Å². The predicted octanol–water partition coefficient (Wildman–Crippen LogP) is 1.22. The summed E-state index contributed by atoms with van der Waals surface area (Å²) in [6.07, 6.45) is 7.17. The highest BCUT2D eigenvalue weighted by Gasteiger charge is 2.44. The number of ether oxygens (including phenoxy) is 1. The largest absolute Gasteiger partial charge is 0.379 e. The van der Waals surface area contributed by atoms with Crippen LogP contribution in [0.5, 0.6) is 0 Å². The average molecular weight is 400 g/mol. The van der Waals surface area contributed by atoms with Crippen LogP contribution in [-0.4, -0.2) is 65.4 Å². The monoisotopic (exact) mass is 400 g/mol. The van der Waals surface area contributed by atoms with Gasteiger partial charge in [0.1, 0.15) is 11.1 Å². The Morgan fingerprint density at radius 1 is 1.34 bits per heavy atom. The number of anilines is 1. The minimum absolute atomic E-state index is 0.000898. The normalized spacial score (nSPS) is 27.8. The van der Waals surface area contributed by atoms with E-state index in [0.717, 1.165) is 51.6 Å². The van der Waals surface area contributed by atoms with Crippen LogP contribution in [0.15, 0.2) is 6.20 Å². The number of hydrogen-bond acceptors (Lipinski definition) is 5. The van der Waals surface area contributed by atoms with Gasteiger partial charge in [-0.1, -0.05) is 0 Å². The van der Waals surface area contributed by atoms with Crippen molar-refractivity contribution in [3.05, 3.63) is 23.2 Å². The zero-order valence-electron chi connectivity index (χ0n) is 16.8. The minimum atomic E-state index is -0.625. The lowest BCUT2D eigenvalue weighted by Gasteiger charge is -2.47. The van der Waals surface area contributed by atoms with Crippen LogP contribution in [-0.2, 0) is 15.1 Å². The van der Waals surface area contributed by atoms with Crippen LogP contribution in [0.3, 0.4) is 0 Å². The van der Waals surface area contributed by atoms with Gasteiger partial charge in [0.25, 0.3) is 5.91 Å². The standard InChI is InChI=1S/C20H28N6O3/c1-22-12-20(7-5-14(6-8-20)25-9-15(10-25)29-2)26-11-16(17(21)27)18(24-26)23-19(28)13-3-4-13/h11,13-15H,3-10,12H2,2H3,(H2,21,27)(H,23,24,28). The van der Waals surface area contributed by atoms with Gasteiger partial charge < -0.3 is 20.6 Å². The molecule has 0 atom stereocenters. The fourth-order valence-corrected chi connectivity index (χ4v) is 4.48. The highest BCUT2D eigenvalue weighted by Crippen LogP contribution is 2.39. The molecule has 1 aromatic heterocycles. The molecule has 156 valence electrons. The number of nitrogens with zero attached hydrogens (tertiary/aromatic N) is 4. The minimum Gasteiger partial charge on any atom is -0.379 e. The van der Waals surface area contributed by atoms with Gasteiger partial charge in [0, 0.05) is 38.4 Å². The van der Waals surface area contributed by atoms with E-state index in [1.807, 2.05) is 0 Å². The lowest BCUT2D eigenvalue weighted by Crippen LogP contribution is -2.58. The van der Waals surface area contributed by atoms with Crippen molar-refractivity contribution in [1.82, 2.24) is 14.7 Å². The smallest absolute Gasteiger partial charge is 0.254 e. The zero-order valence-corrected chi connectivity index (χ0v) is 16.8. The topological polar surface area (TPSA) is 107 Å². The quantitative estimate of drug-likeness (QED) is 0.669. The van der Waals surface area contributed by atoms with Crippen molar-refractivity contribution >= 4 is 17.6 Å². The molecule has 0 radical (unpaired) electrons. The molecule has 3 fully saturated rings. The number of hydrogen-bond donors (Lipinski definition) is 2. The summed E-state index contributed by atoms with van der Waals surface area (Å²) in [5, 5.41) is 7.29. The molecule has 0 spiro atoms. The number of carbonyl (C=O) groups is 2. The molecule has 2 heterocycles. The van der Waals surface area contributed by atoms with Gasteiger partial charge in [-0.05, 0) is 38.5 Å². The van der Waals surface area contributed by atoms with E-state index in [1.165, 1.54) is 0 Å². The Morgan fingerprint density at radius 3 is 2.59 bits per heavy atom. The molecule has 0 aromatic carbocycles. The number of nitrogens with one attached hydrogen (secondary N) is 1. The van der Waals surface area contributed by atoms with E-state index in [-0.39, 0.29) is 29.8 Å². The van der Waals surface area contributed by atoms with E-state index >= 15 is 0 Å². The number of nitrogens with two attached hydrogens (primary N) is 1. The van der Waals surface area contributed by atoms with Crippen LogP contribution in [0, 0.1) is 12.5 Å². The molecule has 9 nitrogen and oxygen atoms in total. The van der Waals surface area contributed by atoms with Crippen molar-refractivity contribution in [3.8, 4) is 0 Å². The third-order valence-corrected chi connectivity index (χ3v) is 6.64. The summed E-state index contributed by atoms with van der Waals surface area (Å²) in [6, 6.07) is 0.487. The molecule has 0 bridgehead atoms. The summed E-state index contributed by atoms with van der Waals surface area (Å²) in [6.45, 7) is 9.67. The highest BCUT2D eigenvalue weighted by atomic mass is 16.5. The molecule has 9 heteroatoms. The third-order valence-electron chi connectivity index (χ3n) is 6.64. The Hall–Kier alpha value is -2.44. The average Bonchev–Trinajstić information content (AvgIpc) is 3.43. The van der Waals surface area contributed by atoms with Crippen LogP contribution in [0.25, 0.3) is 4.85 Å². The molecular formula is C20H28N6O3. The molecular weight excluding hydrogens is 372 g/mol. The SMILES string of the molecule is [C-]#[N+]CC1(n2cc(C(N)=O)c(NC(=O)C3CC3)n2)CCC(N2CC(OC)C2)CC1. The highest BCUT2D eigenvalue weighted by molar-refractivity contribution is 6.02. The Morgan fingerprint density at radius 2 is 2.03 bits per heavy atom. The van der Waals surface area contributed by atoms with Crippen molar-refractivity contribution < 1.29 is 14.3 Å². The summed E-state index contributed by atoms with van der Waals surface area (Å²) in [4.78, 5) is 30.2. The van der Waals surface area contributed by atoms with E-state index in [2.05, 4.69) is 20.2 Å². The first kappa shape index (κ1) is 19.9. The van der Waals surface area contributed by atoms with E-state index < -0.39 is 11.4 Å². The maximum atomic E-state index is 12.2. The van der Waals surface area contributed by atoms with Crippen molar-refractivity contribution in [2.45, 2.75) is 56.2 Å². The van der Waals surface area contributed by atoms with Crippen LogP contribution >= 0.6 is 0 Å². The Labute approximate surface area is 170 Å². The zero-order chi connectivity index (χ0) is 20.6. The number of rotatable bonds is 7. The fourth-order valence-electron chi connectivity index (χ4n) is 4.48. The number of methoxy groups -OCH3 is 1. The van der Waals surface area contributed by atoms with Gasteiger partial charge in [0.15, 0.2) is 5.82 Å². The van der Waals surface area contributed by atoms with Crippen LogP contribution < -0.4 is 11.1 Å². The molecule has 4 rings (SSSR count). The molecule has 2 aliphatic carbocycles. The lowest BCUT2D eigenvalue weighted by atomic mass is 9.78. The first-order chi connectivity index (χ1) is 14.0. The Kier molecular flexibility index (Phi) is 5.32. The van der Waals surface area contributed by atoms with Gasteiger partial charge in [0.05, 0.1) is 6.10 Å². The number of carbonyl (C=O) groups excluding carboxylic acids is 2. The molecule has 2 saturated carbocycles. The van der Waals surface area contributed by atoms with E-state index in [1.54, 1.807) is 18.0 Å². The molecule has 3 aliphatic rings. The second-order valence-electron chi connectivity index (χ2n) is 8.55. The first-order valence-electron chi connectivity index (χ1n) is 10.3. The molecule has 0 unspecified atom stereocenters. The summed E-state index contributed by atoms with van der Waals surface area (Å²) >= 11 is 0. The predicted molar refractivity (Wildman–Crippen MR) is 106 cm³/mol. The second-order valence-corrected chi connectivity index (χ2v) is 8.55. The molecule has 2 amide bonds. The van der Waals surface area contributed by atoms with Crippen LogP contribution in [0.1, 0.15) is 48.9 Å². The van der Waals surface area contributed by atoms with Crippen molar-refractivity contribution in [2.24, 2.45) is 11.7 Å². The summed E-state index contributed by atoms with van der Waals surface area (Å²) < 4.78 is 7.09. The number of primary amides is 1. The third kappa shape index (κ3) is 3.87. The van der Waals surface area contributed by atoms with Crippen molar-refractivity contribution in [1.29, 1.82) is 0 Å². The Balaban J connectivity index is 1.51. The summed E-state index contributed by atoms with van der Waals surface area (Å²) in [7, 11) is 1.75. The maximum absolute atomic E-state index is 12.2. The van der Waals surface area contributed by atoms with Crippen molar-refractivity contribution in [2.75, 3.05) is 32.1 Å². The molecule has 29 heavy (non-hydrogen) atoms.